The average Bonchev–Trinajstić information content (AvgIpc) is 3.22. The lowest BCUT2D eigenvalue weighted by Crippen LogP contribution is -2.28. The monoisotopic (exact) mass is 343 g/mol. The van der Waals surface area contributed by atoms with E-state index in [2.05, 4.69) is 31.1 Å². The standard InChI is InChI=1S/C15H17N7OS/c1-3-13-19-20-21-22(13)12-7-5-4-6-11(12)18-15(23)17-9-14-16-8-10(2)24-14/h4-8H,3,9H2,1-2H3,(H2,17,18,23). The Hall–Kier alpha value is -2.81. The molecule has 124 valence electrons. The van der Waals surface area contributed by atoms with Crippen molar-refractivity contribution in [2.45, 2.75) is 26.8 Å². The van der Waals surface area contributed by atoms with Gasteiger partial charge >= 0.3 is 6.03 Å². The molecule has 0 saturated heterocycles. The van der Waals surface area contributed by atoms with Gasteiger partial charge in [-0.1, -0.05) is 19.1 Å². The molecule has 0 radical (unpaired) electrons. The van der Waals surface area contributed by atoms with Gasteiger partial charge < -0.3 is 10.6 Å². The summed E-state index contributed by atoms with van der Waals surface area (Å²) >= 11 is 1.56. The number of carbonyl (C=O) groups is 1. The molecule has 0 atom stereocenters. The van der Waals surface area contributed by atoms with E-state index in [-0.39, 0.29) is 6.03 Å². The zero-order valence-electron chi connectivity index (χ0n) is 13.4. The molecule has 0 fully saturated rings. The number of urea groups is 1. The zero-order chi connectivity index (χ0) is 16.9. The van der Waals surface area contributed by atoms with E-state index < -0.39 is 0 Å². The van der Waals surface area contributed by atoms with Crippen molar-refractivity contribution in [2.75, 3.05) is 5.32 Å². The van der Waals surface area contributed by atoms with Crippen LogP contribution in [0.3, 0.4) is 0 Å². The number of thiazole rings is 1. The van der Waals surface area contributed by atoms with Gasteiger partial charge in [-0.25, -0.2) is 9.78 Å². The van der Waals surface area contributed by atoms with Crippen LogP contribution in [0.2, 0.25) is 0 Å². The Morgan fingerprint density at radius 3 is 2.92 bits per heavy atom. The summed E-state index contributed by atoms with van der Waals surface area (Å²) in [6.45, 7) is 4.34. The second-order valence-corrected chi connectivity index (χ2v) is 6.37. The number of rotatable bonds is 5. The lowest BCUT2D eigenvalue weighted by Gasteiger charge is -2.12. The van der Waals surface area contributed by atoms with Gasteiger partial charge in [-0.15, -0.1) is 16.4 Å². The minimum atomic E-state index is -0.304. The molecular weight excluding hydrogens is 326 g/mol. The fourth-order valence-corrected chi connectivity index (χ4v) is 2.91. The van der Waals surface area contributed by atoms with Gasteiger partial charge in [0.05, 0.1) is 17.9 Å². The van der Waals surface area contributed by atoms with Crippen molar-refractivity contribution in [3.63, 3.8) is 0 Å². The van der Waals surface area contributed by atoms with E-state index in [4.69, 9.17) is 0 Å². The molecule has 0 unspecified atom stereocenters. The molecule has 1 aromatic carbocycles. The third kappa shape index (κ3) is 3.57. The first-order valence-corrected chi connectivity index (χ1v) is 8.32. The van der Waals surface area contributed by atoms with Crippen LogP contribution in [0.25, 0.3) is 5.69 Å². The first-order chi connectivity index (χ1) is 11.7. The molecule has 2 N–H and O–H groups in total. The van der Waals surface area contributed by atoms with Gasteiger partial charge in [0.25, 0.3) is 0 Å². The van der Waals surface area contributed by atoms with Crippen LogP contribution in [-0.2, 0) is 13.0 Å². The summed E-state index contributed by atoms with van der Waals surface area (Å²) in [6, 6.07) is 7.08. The summed E-state index contributed by atoms with van der Waals surface area (Å²) in [5, 5.41) is 18.2. The van der Waals surface area contributed by atoms with Gasteiger partial charge in [-0.05, 0) is 29.5 Å². The predicted octanol–water partition coefficient (Wildman–Crippen LogP) is 2.31. The van der Waals surface area contributed by atoms with Gasteiger partial charge in [0, 0.05) is 17.5 Å². The highest BCUT2D eigenvalue weighted by Gasteiger charge is 2.12. The molecule has 0 saturated carbocycles. The summed E-state index contributed by atoms with van der Waals surface area (Å²) in [5.41, 5.74) is 1.35. The maximum absolute atomic E-state index is 12.2. The zero-order valence-corrected chi connectivity index (χ0v) is 14.2. The second kappa shape index (κ2) is 7.18. The van der Waals surface area contributed by atoms with Gasteiger partial charge in [0.15, 0.2) is 5.82 Å². The number of nitrogens with one attached hydrogen (secondary N) is 2. The van der Waals surface area contributed by atoms with Crippen molar-refractivity contribution in [3.05, 3.63) is 46.2 Å². The molecule has 2 heterocycles. The maximum atomic E-state index is 12.2. The van der Waals surface area contributed by atoms with E-state index >= 15 is 0 Å². The summed E-state index contributed by atoms with van der Waals surface area (Å²) in [4.78, 5) is 17.5. The average molecular weight is 343 g/mol. The van der Waals surface area contributed by atoms with Gasteiger partial charge in [-0.3, -0.25) is 0 Å². The van der Waals surface area contributed by atoms with E-state index in [9.17, 15) is 4.79 Å². The number of aryl methyl sites for hydroxylation is 2. The van der Waals surface area contributed by atoms with Gasteiger partial charge in [-0.2, -0.15) is 4.68 Å². The number of hydrogen-bond acceptors (Lipinski definition) is 6. The second-order valence-electron chi connectivity index (χ2n) is 5.05. The minimum Gasteiger partial charge on any atom is -0.331 e. The van der Waals surface area contributed by atoms with Crippen LogP contribution >= 0.6 is 11.3 Å². The number of amides is 2. The van der Waals surface area contributed by atoms with Crippen LogP contribution in [-0.4, -0.2) is 31.2 Å². The van der Waals surface area contributed by atoms with Crippen molar-refractivity contribution in [1.29, 1.82) is 0 Å². The van der Waals surface area contributed by atoms with Crippen LogP contribution < -0.4 is 10.6 Å². The number of para-hydroxylation sites is 2. The molecular formula is C15H17N7OS. The maximum Gasteiger partial charge on any atom is 0.319 e. The molecule has 0 spiro atoms. The van der Waals surface area contributed by atoms with Crippen molar-refractivity contribution in [2.24, 2.45) is 0 Å². The number of benzene rings is 1. The fraction of sp³-hybridized carbons (Fsp3) is 0.267. The molecule has 24 heavy (non-hydrogen) atoms. The van der Waals surface area contributed by atoms with Crippen LogP contribution in [0.5, 0.6) is 0 Å². The first-order valence-electron chi connectivity index (χ1n) is 7.50. The van der Waals surface area contributed by atoms with Crippen LogP contribution in [0.4, 0.5) is 10.5 Å². The van der Waals surface area contributed by atoms with E-state index in [1.54, 1.807) is 22.2 Å². The normalized spacial score (nSPS) is 10.6. The van der Waals surface area contributed by atoms with Crippen LogP contribution in [0, 0.1) is 6.92 Å². The van der Waals surface area contributed by atoms with Crippen molar-refractivity contribution in [1.82, 2.24) is 30.5 Å². The summed E-state index contributed by atoms with van der Waals surface area (Å²) in [6.07, 6.45) is 2.48. The SMILES string of the molecule is CCc1nnnn1-c1ccccc1NC(=O)NCc1ncc(C)s1. The number of nitrogens with zero attached hydrogens (tertiary/aromatic N) is 5. The van der Waals surface area contributed by atoms with Crippen LogP contribution in [0.15, 0.2) is 30.5 Å². The predicted molar refractivity (Wildman–Crippen MR) is 91.2 cm³/mol. The van der Waals surface area contributed by atoms with E-state index in [0.29, 0.717) is 18.7 Å². The fourth-order valence-electron chi connectivity index (χ4n) is 2.18. The molecule has 2 aromatic heterocycles. The molecule has 0 aliphatic heterocycles. The Morgan fingerprint density at radius 2 is 2.17 bits per heavy atom. The Bertz CT molecular complexity index is 842. The quantitative estimate of drug-likeness (QED) is 0.741. The molecule has 3 rings (SSSR count). The highest BCUT2D eigenvalue weighted by Crippen LogP contribution is 2.20. The number of aromatic nitrogens is 5. The number of anilines is 1. The molecule has 3 aromatic rings. The number of hydrogen-bond donors (Lipinski definition) is 2. The summed E-state index contributed by atoms with van der Waals surface area (Å²) in [5.74, 6) is 0.725. The molecule has 0 bridgehead atoms. The third-order valence-corrected chi connectivity index (χ3v) is 4.21. The Morgan fingerprint density at radius 1 is 1.33 bits per heavy atom. The minimum absolute atomic E-state index is 0.304. The topological polar surface area (TPSA) is 97.6 Å². The largest absolute Gasteiger partial charge is 0.331 e. The lowest BCUT2D eigenvalue weighted by molar-refractivity contribution is 0.251. The lowest BCUT2D eigenvalue weighted by atomic mass is 10.2. The molecule has 8 nitrogen and oxygen atoms in total. The van der Waals surface area contributed by atoms with E-state index in [0.717, 1.165) is 21.4 Å². The van der Waals surface area contributed by atoms with Crippen molar-refractivity contribution >= 4 is 23.1 Å². The third-order valence-electron chi connectivity index (χ3n) is 3.30. The van der Waals surface area contributed by atoms with Crippen molar-refractivity contribution < 1.29 is 4.79 Å². The number of tetrazole rings is 1. The smallest absolute Gasteiger partial charge is 0.319 e. The Kier molecular flexibility index (Phi) is 4.80. The first kappa shape index (κ1) is 16.1. The number of carbonyl (C=O) groups excluding carboxylic acids is 1. The molecule has 0 aliphatic rings. The van der Waals surface area contributed by atoms with Gasteiger partial charge in [0.2, 0.25) is 0 Å². The van der Waals surface area contributed by atoms with E-state index in [1.807, 2.05) is 38.1 Å². The molecule has 9 heteroatoms. The Balaban J connectivity index is 1.72. The van der Waals surface area contributed by atoms with E-state index in [1.165, 1.54) is 0 Å². The molecule has 2 amide bonds. The van der Waals surface area contributed by atoms with Crippen LogP contribution in [0.1, 0.15) is 22.6 Å². The molecule has 0 aliphatic carbocycles. The Labute approximate surface area is 142 Å². The van der Waals surface area contributed by atoms with Crippen molar-refractivity contribution in [3.8, 4) is 5.69 Å². The highest BCUT2D eigenvalue weighted by atomic mass is 32.1. The summed E-state index contributed by atoms with van der Waals surface area (Å²) < 4.78 is 1.62. The van der Waals surface area contributed by atoms with Gasteiger partial charge in [0.1, 0.15) is 5.01 Å². The summed E-state index contributed by atoms with van der Waals surface area (Å²) in [7, 11) is 0. The highest BCUT2D eigenvalue weighted by molar-refractivity contribution is 7.11.